The number of methoxy groups -OCH3 is 1. The fourth-order valence-corrected chi connectivity index (χ4v) is 5.33. The van der Waals surface area contributed by atoms with Gasteiger partial charge in [0.25, 0.3) is 5.91 Å². The van der Waals surface area contributed by atoms with Gasteiger partial charge in [0.1, 0.15) is 11.4 Å². The molecule has 3 aromatic rings. The first-order valence-corrected chi connectivity index (χ1v) is 11.3. The van der Waals surface area contributed by atoms with Crippen LogP contribution in [0.5, 0.6) is 5.75 Å². The summed E-state index contributed by atoms with van der Waals surface area (Å²) in [6.45, 7) is 2.37. The lowest BCUT2D eigenvalue weighted by Gasteiger charge is -2.24. The van der Waals surface area contributed by atoms with Crippen molar-refractivity contribution >= 4 is 43.3 Å². The van der Waals surface area contributed by atoms with Crippen molar-refractivity contribution in [2.45, 2.75) is 19.9 Å². The van der Waals surface area contributed by atoms with E-state index in [0.717, 1.165) is 21.5 Å². The molecule has 3 heterocycles. The largest absolute Gasteiger partial charge is 0.497 e. The monoisotopic (exact) mass is 420 g/mol. The highest BCUT2D eigenvalue weighted by Crippen LogP contribution is 2.30. The molecule has 4 rings (SSSR count). The number of aromatic nitrogens is 2. The Bertz CT molecular complexity index is 1150. The van der Waals surface area contributed by atoms with Crippen molar-refractivity contribution in [3.05, 3.63) is 40.5 Å². The number of H-pyrrole nitrogens is 1. The van der Waals surface area contributed by atoms with Crippen molar-refractivity contribution in [1.82, 2.24) is 14.3 Å². The fraction of sp³-hybridized carbons (Fsp3) is 0.333. The van der Waals surface area contributed by atoms with E-state index in [9.17, 15) is 13.2 Å². The predicted octanol–water partition coefficient (Wildman–Crippen LogP) is 2.59. The molecular formula is C18H20N4O4S2. The van der Waals surface area contributed by atoms with Gasteiger partial charge in [0, 0.05) is 41.4 Å². The topological polar surface area (TPSA) is 104 Å². The highest BCUT2D eigenvalue weighted by molar-refractivity contribution is 7.89. The van der Waals surface area contributed by atoms with Crippen molar-refractivity contribution in [3.8, 4) is 5.75 Å². The van der Waals surface area contributed by atoms with Crippen LogP contribution in [0.1, 0.15) is 28.0 Å². The van der Waals surface area contributed by atoms with E-state index in [4.69, 9.17) is 4.74 Å². The summed E-state index contributed by atoms with van der Waals surface area (Å²) in [5, 5.41) is 4.19. The Morgan fingerprint density at radius 2 is 2.21 bits per heavy atom. The third kappa shape index (κ3) is 3.50. The molecule has 0 fully saturated rings. The molecule has 0 aliphatic carbocycles. The molecule has 1 amide bonds. The van der Waals surface area contributed by atoms with Crippen LogP contribution in [0, 0.1) is 0 Å². The van der Waals surface area contributed by atoms with Gasteiger partial charge in [-0.2, -0.15) is 4.31 Å². The van der Waals surface area contributed by atoms with Gasteiger partial charge in [-0.05, 0) is 25.1 Å². The zero-order valence-electron chi connectivity index (χ0n) is 15.5. The number of rotatable bonds is 5. The van der Waals surface area contributed by atoms with Gasteiger partial charge in [-0.3, -0.25) is 10.1 Å². The molecule has 0 unspecified atom stereocenters. The summed E-state index contributed by atoms with van der Waals surface area (Å²) in [6.07, 6.45) is 0.549. The number of nitrogens with one attached hydrogen (secondary N) is 2. The maximum atomic E-state index is 12.6. The number of nitrogens with zero attached hydrogens (tertiary/aromatic N) is 2. The molecule has 0 atom stereocenters. The van der Waals surface area contributed by atoms with E-state index >= 15 is 0 Å². The summed E-state index contributed by atoms with van der Waals surface area (Å²) in [5.41, 5.74) is 2.08. The number of sulfonamides is 1. The molecule has 0 saturated carbocycles. The number of carbonyl (C=O) groups is 1. The molecule has 28 heavy (non-hydrogen) atoms. The first-order chi connectivity index (χ1) is 13.4. The average Bonchev–Trinajstić information content (AvgIpc) is 3.29. The van der Waals surface area contributed by atoms with Gasteiger partial charge >= 0.3 is 0 Å². The van der Waals surface area contributed by atoms with Gasteiger partial charge < -0.3 is 9.72 Å². The van der Waals surface area contributed by atoms with Crippen molar-refractivity contribution in [1.29, 1.82) is 0 Å². The van der Waals surface area contributed by atoms with Gasteiger partial charge in [-0.25, -0.2) is 13.4 Å². The summed E-state index contributed by atoms with van der Waals surface area (Å²) < 4.78 is 30.9. The molecular weight excluding hydrogens is 400 g/mol. The molecule has 0 spiro atoms. The molecule has 0 radical (unpaired) electrons. The molecule has 2 aromatic heterocycles. The van der Waals surface area contributed by atoms with Crippen LogP contribution in [0.15, 0.2) is 24.3 Å². The highest BCUT2D eigenvalue weighted by Gasteiger charge is 2.28. The summed E-state index contributed by atoms with van der Waals surface area (Å²) >= 11 is 1.32. The predicted molar refractivity (Wildman–Crippen MR) is 108 cm³/mol. The van der Waals surface area contributed by atoms with Crippen LogP contribution in [-0.2, 0) is 23.0 Å². The average molecular weight is 421 g/mol. The normalized spacial score (nSPS) is 14.8. The maximum Gasteiger partial charge on any atom is 0.273 e. The molecule has 8 nitrogen and oxygen atoms in total. The van der Waals surface area contributed by atoms with Crippen molar-refractivity contribution in [3.63, 3.8) is 0 Å². The Balaban J connectivity index is 1.52. The van der Waals surface area contributed by atoms with Crippen molar-refractivity contribution < 1.29 is 17.9 Å². The summed E-state index contributed by atoms with van der Waals surface area (Å²) in [7, 11) is -1.64. The molecule has 0 saturated heterocycles. The number of hydrogen-bond donors (Lipinski definition) is 2. The second-order valence-corrected chi connectivity index (χ2v) is 9.80. The number of fused-ring (bicyclic) bond motifs is 2. The van der Waals surface area contributed by atoms with Crippen LogP contribution in [0.25, 0.3) is 10.9 Å². The fourth-order valence-electron chi connectivity index (χ4n) is 3.17. The van der Waals surface area contributed by atoms with Crippen molar-refractivity contribution in [2.75, 3.05) is 24.7 Å². The van der Waals surface area contributed by atoms with Gasteiger partial charge in [0.2, 0.25) is 10.0 Å². The third-order valence-electron chi connectivity index (χ3n) is 4.75. The number of thiazole rings is 1. The zero-order chi connectivity index (χ0) is 19.9. The number of aromatic amines is 1. The van der Waals surface area contributed by atoms with Crippen molar-refractivity contribution in [2.24, 2.45) is 0 Å². The van der Waals surface area contributed by atoms with Crippen LogP contribution in [-0.4, -0.2) is 48.0 Å². The zero-order valence-corrected chi connectivity index (χ0v) is 17.1. The van der Waals surface area contributed by atoms with E-state index in [2.05, 4.69) is 15.3 Å². The second-order valence-electron chi connectivity index (χ2n) is 6.46. The quantitative estimate of drug-likeness (QED) is 0.660. The molecule has 1 aromatic carbocycles. The van der Waals surface area contributed by atoms with Crippen LogP contribution in [0.2, 0.25) is 0 Å². The minimum atomic E-state index is -3.23. The van der Waals surface area contributed by atoms with Crippen LogP contribution < -0.4 is 10.1 Å². The summed E-state index contributed by atoms with van der Waals surface area (Å²) in [5.74, 6) is 0.496. The van der Waals surface area contributed by atoms with Crippen LogP contribution in [0.3, 0.4) is 0 Å². The minimum absolute atomic E-state index is 0.0793. The molecule has 10 heteroatoms. The first-order valence-electron chi connectivity index (χ1n) is 8.84. The Hall–Kier alpha value is -2.43. The lowest BCUT2D eigenvalue weighted by Crippen LogP contribution is -2.36. The standard InChI is InChI=1S/C18H20N4O4S2/c1-3-28(24,25)22-7-6-13-16(10-22)27-18(20-13)21-17(23)15-8-11-4-5-12(26-2)9-14(11)19-15/h4-5,8-9,19H,3,6-7,10H2,1-2H3,(H,20,21,23). The van der Waals surface area contributed by atoms with Gasteiger partial charge in [0.15, 0.2) is 5.13 Å². The van der Waals surface area contributed by atoms with E-state index in [-0.39, 0.29) is 11.7 Å². The number of hydrogen-bond acceptors (Lipinski definition) is 6. The maximum absolute atomic E-state index is 12.6. The van der Waals surface area contributed by atoms with Gasteiger partial charge in [0.05, 0.1) is 18.6 Å². The van der Waals surface area contributed by atoms with E-state index in [1.165, 1.54) is 15.6 Å². The Kier molecular flexibility index (Phi) is 4.86. The molecule has 1 aliphatic heterocycles. The number of benzene rings is 1. The number of ether oxygens (including phenoxy) is 1. The molecule has 148 valence electrons. The van der Waals surface area contributed by atoms with Crippen LogP contribution in [0.4, 0.5) is 5.13 Å². The first kappa shape index (κ1) is 18.9. The van der Waals surface area contributed by atoms with Gasteiger partial charge in [-0.1, -0.05) is 0 Å². The van der Waals surface area contributed by atoms with Gasteiger partial charge in [-0.15, -0.1) is 11.3 Å². The summed E-state index contributed by atoms with van der Waals surface area (Å²) in [6, 6.07) is 7.32. The smallest absolute Gasteiger partial charge is 0.273 e. The van der Waals surface area contributed by atoms with E-state index in [1.54, 1.807) is 20.1 Å². The number of anilines is 1. The lowest BCUT2D eigenvalue weighted by atomic mass is 10.2. The molecule has 0 bridgehead atoms. The summed E-state index contributed by atoms with van der Waals surface area (Å²) in [4.78, 5) is 21.0. The lowest BCUT2D eigenvalue weighted by molar-refractivity contribution is 0.102. The SMILES string of the molecule is CCS(=O)(=O)N1CCc2nc(NC(=O)c3cc4ccc(OC)cc4[nH]3)sc2C1. The minimum Gasteiger partial charge on any atom is -0.497 e. The third-order valence-corrected chi connectivity index (χ3v) is 7.58. The Morgan fingerprint density at radius 3 is 2.96 bits per heavy atom. The Labute approximate surface area is 166 Å². The van der Waals surface area contributed by atoms with E-state index in [1.807, 2.05) is 18.2 Å². The molecule has 2 N–H and O–H groups in total. The number of carbonyl (C=O) groups excluding carboxylic acids is 1. The molecule has 1 aliphatic rings. The van der Waals surface area contributed by atoms with E-state index < -0.39 is 10.0 Å². The van der Waals surface area contributed by atoms with Crippen LogP contribution >= 0.6 is 11.3 Å². The number of amides is 1. The second kappa shape index (κ2) is 7.19. The highest BCUT2D eigenvalue weighted by atomic mass is 32.2. The Morgan fingerprint density at radius 1 is 1.39 bits per heavy atom. The van der Waals surface area contributed by atoms with E-state index in [0.29, 0.717) is 36.1 Å².